The maximum Gasteiger partial charge on any atom is 0.177 e. The van der Waals surface area contributed by atoms with Gasteiger partial charge >= 0.3 is 0 Å². The molecule has 6 heteroatoms. The molecule has 16 heavy (non-hydrogen) atoms. The average molecular weight is 317 g/mol. The Bertz CT molecular complexity index is 586. The molecule has 0 amide bonds. The van der Waals surface area contributed by atoms with Gasteiger partial charge in [0.05, 0.1) is 20.2 Å². The van der Waals surface area contributed by atoms with Gasteiger partial charge in [0.2, 0.25) is 0 Å². The van der Waals surface area contributed by atoms with Crippen molar-refractivity contribution in [3.8, 4) is 11.8 Å². The average Bonchev–Trinajstić information content (AvgIpc) is 2.64. The second-order valence-corrected chi connectivity index (χ2v) is 4.65. The summed E-state index contributed by atoms with van der Waals surface area (Å²) in [6.45, 7) is 0. The van der Waals surface area contributed by atoms with Crippen LogP contribution in [0.4, 0.5) is 0 Å². The largest absolute Gasteiger partial charge is 0.238 e. The van der Waals surface area contributed by atoms with Crippen LogP contribution < -0.4 is 0 Å². The molecular formula is C10H4BrCl2N3. The summed E-state index contributed by atoms with van der Waals surface area (Å²) in [6, 6.07) is 7.11. The number of nitrogens with zero attached hydrogens (tertiary/aromatic N) is 3. The van der Waals surface area contributed by atoms with E-state index in [1.54, 1.807) is 29.1 Å². The Hall–Kier alpha value is -1.02. The van der Waals surface area contributed by atoms with Crippen LogP contribution in [0, 0.1) is 11.3 Å². The van der Waals surface area contributed by atoms with Gasteiger partial charge < -0.3 is 0 Å². The lowest BCUT2D eigenvalue weighted by molar-refractivity contribution is 0.873. The minimum absolute atomic E-state index is 0.325. The quantitative estimate of drug-likeness (QED) is 0.802. The lowest BCUT2D eigenvalue weighted by Crippen LogP contribution is -1.94. The Balaban J connectivity index is 2.51. The fourth-order valence-corrected chi connectivity index (χ4v) is 1.84. The molecule has 3 nitrogen and oxygen atoms in total. The van der Waals surface area contributed by atoms with E-state index < -0.39 is 0 Å². The molecule has 0 aliphatic heterocycles. The van der Waals surface area contributed by atoms with Crippen LogP contribution in [0.5, 0.6) is 0 Å². The second-order valence-electron chi connectivity index (χ2n) is 2.98. The van der Waals surface area contributed by atoms with E-state index in [0.717, 1.165) is 5.69 Å². The standard InChI is InChI=1S/C10H4BrCl2N3/c11-7-5-16(15-10(7)4-14)6-1-2-8(12)9(13)3-6/h1-3,5H. The molecule has 0 spiro atoms. The van der Waals surface area contributed by atoms with Crippen molar-refractivity contribution in [1.82, 2.24) is 9.78 Å². The van der Waals surface area contributed by atoms with Crippen LogP contribution in [0.2, 0.25) is 10.0 Å². The molecule has 1 heterocycles. The van der Waals surface area contributed by atoms with E-state index >= 15 is 0 Å². The molecule has 2 rings (SSSR count). The first-order chi connectivity index (χ1) is 7.61. The number of hydrogen-bond acceptors (Lipinski definition) is 2. The van der Waals surface area contributed by atoms with Gasteiger partial charge in [-0.1, -0.05) is 23.2 Å². The minimum atomic E-state index is 0.325. The van der Waals surface area contributed by atoms with Gasteiger partial charge in [-0.25, -0.2) is 4.68 Å². The van der Waals surface area contributed by atoms with E-state index in [1.807, 2.05) is 6.07 Å². The van der Waals surface area contributed by atoms with Gasteiger partial charge in [0.25, 0.3) is 0 Å². The van der Waals surface area contributed by atoms with Crippen molar-refractivity contribution in [2.24, 2.45) is 0 Å². The summed E-state index contributed by atoms with van der Waals surface area (Å²) < 4.78 is 2.20. The lowest BCUT2D eigenvalue weighted by atomic mass is 10.3. The summed E-state index contributed by atoms with van der Waals surface area (Å²) in [7, 11) is 0. The highest BCUT2D eigenvalue weighted by Gasteiger charge is 2.08. The highest BCUT2D eigenvalue weighted by Crippen LogP contribution is 2.25. The van der Waals surface area contributed by atoms with Crippen LogP contribution in [0.1, 0.15) is 5.69 Å². The topological polar surface area (TPSA) is 41.6 Å². The molecule has 0 saturated heterocycles. The minimum Gasteiger partial charge on any atom is -0.238 e. The van der Waals surface area contributed by atoms with Crippen molar-refractivity contribution in [1.29, 1.82) is 5.26 Å². The molecule has 0 unspecified atom stereocenters. The third-order valence-electron chi connectivity index (χ3n) is 1.94. The zero-order valence-corrected chi connectivity index (χ0v) is 10.9. The van der Waals surface area contributed by atoms with Gasteiger partial charge in [0.1, 0.15) is 6.07 Å². The Kier molecular flexibility index (Phi) is 3.20. The molecule has 0 bridgehead atoms. The van der Waals surface area contributed by atoms with Crippen LogP contribution in [-0.4, -0.2) is 9.78 Å². The van der Waals surface area contributed by atoms with Crippen LogP contribution in [0.15, 0.2) is 28.9 Å². The van der Waals surface area contributed by atoms with Crippen LogP contribution >= 0.6 is 39.1 Å². The fraction of sp³-hybridized carbons (Fsp3) is 0. The smallest absolute Gasteiger partial charge is 0.177 e. The first kappa shape index (κ1) is 11.5. The zero-order chi connectivity index (χ0) is 11.7. The number of nitriles is 1. The maximum absolute atomic E-state index is 8.77. The SMILES string of the molecule is N#Cc1nn(-c2ccc(Cl)c(Cl)c2)cc1Br. The summed E-state index contributed by atoms with van der Waals surface area (Å²) >= 11 is 14.9. The summed E-state index contributed by atoms with van der Waals surface area (Å²) in [5.41, 5.74) is 1.07. The first-order valence-electron chi connectivity index (χ1n) is 4.22. The maximum atomic E-state index is 8.77. The van der Waals surface area contributed by atoms with E-state index in [0.29, 0.717) is 20.2 Å². The van der Waals surface area contributed by atoms with E-state index in [1.165, 1.54) is 0 Å². The van der Waals surface area contributed by atoms with Gasteiger partial charge in [0, 0.05) is 6.20 Å². The molecule has 0 saturated carbocycles. The Morgan fingerprint density at radius 1 is 1.31 bits per heavy atom. The summed E-state index contributed by atoms with van der Waals surface area (Å²) in [5.74, 6) is 0. The summed E-state index contributed by atoms with van der Waals surface area (Å²) in [4.78, 5) is 0. The number of halogens is 3. The Morgan fingerprint density at radius 2 is 2.06 bits per heavy atom. The zero-order valence-electron chi connectivity index (χ0n) is 7.78. The predicted molar refractivity (Wildman–Crippen MR) is 66.0 cm³/mol. The number of benzene rings is 1. The third-order valence-corrected chi connectivity index (χ3v) is 3.26. The van der Waals surface area contributed by atoms with Gasteiger partial charge in [-0.05, 0) is 34.1 Å². The van der Waals surface area contributed by atoms with E-state index in [4.69, 9.17) is 28.5 Å². The predicted octanol–water partition coefficient (Wildman–Crippen LogP) is 3.81. The highest BCUT2D eigenvalue weighted by atomic mass is 79.9. The van der Waals surface area contributed by atoms with Gasteiger partial charge in [-0.15, -0.1) is 0 Å². The van der Waals surface area contributed by atoms with Crippen LogP contribution in [0.25, 0.3) is 5.69 Å². The van der Waals surface area contributed by atoms with Crippen molar-refractivity contribution in [3.63, 3.8) is 0 Å². The fourth-order valence-electron chi connectivity index (χ4n) is 1.19. The molecule has 80 valence electrons. The number of rotatable bonds is 1. The molecule has 0 radical (unpaired) electrons. The monoisotopic (exact) mass is 315 g/mol. The Morgan fingerprint density at radius 3 is 2.62 bits per heavy atom. The molecule has 0 aliphatic carbocycles. The van der Waals surface area contributed by atoms with Crippen molar-refractivity contribution < 1.29 is 0 Å². The normalized spacial score (nSPS) is 10.1. The highest BCUT2D eigenvalue weighted by molar-refractivity contribution is 9.10. The molecule has 0 atom stereocenters. The van der Waals surface area contributed by atoms with Crippen molar-refractivity contribution in [3.05, 3.63) is 44.6 Å². The molecular weight excluding hydrogens is 313 g/mol. The molecule has 0 N–H and O–H groups in total. The molecule has 1 aromatic heterocycles. The van der Waals surface area contributed by atoms with E-state index in [-0.39, 0.29) is 0 Å². The summed E-state index contributed by atoms with van der Waals surface area (Å²) in [6.07, 6.45) is 1.69. The van der Waals surface area contributed by atoms with Crippen molar-refractivity contribution in [2.75, 3.05) is 0 Å². The van der Waals surface area contributed by atoms with Gasteiger partial charge in [0.15, 0.2) is 5.69 Å². The van der Waals surface area contributed by atoms with Crippen molar-refractivity contribution >= 4 is 39.1 Å². The van der Waals surface area contributed by atoms with Crippen molar-refractivity contribution in [2.45, 2.75) is 0 Å². The molecule has 1 aromatic carbocycles. The first-order valence-corrected chi connectivity index (χ1v) is 5.77. The Labute approximate surface area is 110 Å². The van der Waals surface area contributed by atoms with Crippen LogP contribution in [0.3, 0.4) is 0 Å². The molecule has 0 fully saturated rings. The number of aromatic nitrogens is 2. The molecule has 0 aliphatic rings. The lowest BCUT2D eigenvalue weighted by Gasteiger charge is -2.02. The van der Waals surface area contributed by atoms with E-state index in [2.05, 4.69) is 21.0 Å². The summed E-state index contributed by atoms with van der Waals surface area (Å²) in [5, 5.41) is 13.8. The number of hydrogen-bond donors (Lipinski definition) is 0. The van der Waals surface area contributed by atoms with Gasteiger partial charge in [-0.3, -0.25) is 0 Å². The second kappa shape index (κ2) is 4.46. The third kappa shape index (κ3) is 2.07. The van der Waals surface area contributed by atoms with Gasteiger partial charge in [-0.2, -0.15) is 10.4 Å². The van der Waals surface area contributed by atoms with E-state index in [9.17, 15) is 0 Å². The molecule has 2 aromatic rings. The van der Waals surface area contributed by atoms with Crippen LogP contribution in [-0.2, 0) is 0 Å².